The van der Waals surface area contributed by atoms with E-state index in [2.05, 4.69) is 264 Å². The van der Waals surface area contributed by atoms with Gasteiger partial charge in [0.25, 0.3) is 0 Å². The zero-order valence-corrected chi connectivity index (χ0v) is 96.2. The van der Waals surface area contributed by atoms with Crippen molar-refractivity contribution in [3.05, 3.63) is 148 Å². The van der Waals surface area contributed by atoms with Crippen LogP contribution >= 0.6 is 0 Å². The maximum Gasteiger partial charge on any atom is 3.00 e. The molecule has 5 aromatic carbocycles. The minimum Gasteiger partial charge on any atom is -0.456 e. The standard InChI is InChI=1S/2C15H29.C14H10.C12H8O.5C3H8.2C2H6.6CH4.12Y/c2*1-7-12(3)9-14(5)11-15(6)10-13(4)8-2;1-2-6-12-10-14-8-4-3-7-13(14)9-11(12)5-1;1-3-7-11-9(5-1)10-6-2-4-8-12(10)13-11;5*1-3-2;2*1-2;;;;;;;;;;;;;;;;;;/h2*7-8,11-15H,9-10H2,1-6H3;1-10H;1-8H;5*3H2,1-2H3;2*1-2H3;6*1H4;;;;;;;;;;;;/q2*-3;;;;;;;;;;;;;;;;;;;;;;;;;;2*+3/t2*12-,13+,14-,15+;;;;;;;;;;;;;;;;;;;;;;;;;;;. The van der Waals surface area contributed by atoms with Crippen LogP contribution in [-0.2, 0) is 393 Å². The first kappa shape index (κ1) is 168. The van der Waals surface area contributed by atoms with Crippen molar-refractivity contribution in [2.45, 2.75) is 282 Å². The van der Waals surface area contributed by atoms with Crippen molar-refractivity contribution in [2.24, 2.45) is 47.3 Å². The van der Waals surface area contributed by atoms with Gasteiger partial charge in [-0.15, -0.1) is 25.7 Å². The van der Waals surface area contributed by atoms with Crippen molar-refractivity contribution >= 4 is 43.5 Å². The molecule has 1 heterocycles. The average Bonchev–Trinajstić information content (AvgIpc) is 3.80. The summed E-state index contributed by atoms with van der Waals surface area (Å²) in [5.74, 6) is 5.98. The zero-order chi connectivity index (χ0) is 59.3. The van der Waals surface area contributed by atoms with E-state index in [1.54, 1.807) is 0 Å². The molecule has 0 aliphatic carbocycles. The van der Waals surface area contributed by atoms with Crippen LogP contribution in [0.3, 0.4) is 0 Å². The van der Waals surface area contributed by atoms with Gasteiger partial charge in [0.2, 0.25) is 0 Å². The molecule has 1 aromatic heterocycles. The van der Waals surface area contributed by atoms with Crippen molar-refractivity contribution < 1.29 is 397 Å². The summed E-state index contributed by atoms with van der Waals surface area (Å²) in [6.07, 6.45) is 25.7. The fraction of sp³-hybridized carbons (Fsp3) is 0.605. The normalized spacial score (nSPS) is 10.5. The van der Waals surface area contributed by atoms with E-state index in [1.807, 2.05) is 64.1 Å². The largest absolute Gasteiger partial charge is 3.00 e. The summed E-state index contributed by atoms with van der Waals surface area (Å²) in [5, 5.41) is 7.63. The molecule has 13 heteroatoms. The molecule has 1 nitrogen and oxygen atoms in total. The molecule has 94 heavy (non-hydrogen) atoms. The van der Waals surface area contributed by atoms with Crippen LogP contribution in [-0.4, -0.2) is 0 Å². The predicted octanol–water partition coefficient (Wildman–Crippen LogP) is 30.4. The molecule has 6 aromatic rings. The first-order chi connectivity index (χ1) is 36.4. The van der Waals surface area contributed by atoms with E-state index in [0.717, 1.165) is 58.5 Å². The molecule has 0 aliphatic rings. The Hall–Kier alpha value is 9.67. The summed E-state index contributed by atoms with van der Waals surface area (Å²) < 4.78 is 5.65. The first-order valence-electron chi connectivity index (χ1n) is 31.1. The van der Waals surface area contributed by atoms with Crippen molar-refractivity contribution in [3.8, 4) is 0 Å². The van der Waals surface area contributed by atoms with Crippen LogP contribution in [0.5, 0.6) is 0 Å². The van der Waals surface area contributed by atoms with E-state index in [0.29, 0.717) is 0 Å². The Balaban J connectivity index is -0.0000000295. The Morgan fingerprint density at radius 3 is 0.585 bits per heavy atom. The predicted molar refractivity (Wildman–Crippen MR) is 398 cm³/mol. The number of furan rings is 1. The maximum absolute atomic E-state index is 5.65. The SMILES string of the molecule is C.C.C.C.C.C.CC.CC.CCC.CCC.CCC.CCC.CCC.C[CH-][C@@H](C)C[C@@H](C)[CH-][C@@H](C)C[C@@H](C)[CH-]C.C[CH-][C@@H](C)C[C@@H](C)[CH-][C@@H](C)C[C@@H](C)[CH-]C.[Y+3].[Y+3].[Y].[Y].[Y].[Y].[Y].[Y].[Y].[Y].[Y].[Y].c1ccc2c(c1)oc1ccccc12.c1ccc2cc3ccccc3cc2c1. The number of para-hydroxylation sites is 2. The summed E-state index contributed by atoms with van der Waals surface area (Å²) >= 11 is 0. The monoisotopic (exact) mass is 2210 g/mol. The fourth-order valence-electron chi connectivity index (χ4n) is 7.88. The fourth-order valence-corrected chi connectivity index (χ4v) is 7.88. The number of fused-ring (bicyclic) bond motifs is 5. The maximum atomic E-state index is 5.65. The van der Waals surface area contributed by atoms with Crippen LogP contribution in [0.2, 0.25) is 0 Å². The van der Waals surface area contributed by atoms with Gasteiger partial charge in [-0.25, -0.2) is 0 Å². The van der Waals surface area contributed by atoms with Crippen LogP contribution in [0.4, 0.5) is 0 Å². The molecule has 0 saturated carbocycles. The van der Waals surface area contributed by atoms with Gasteiger partial charge >= 0.3 is 65.4 Å². The molecule has 0 N–H and O–H groups in total. The second-order valence-corrected chi connectivity index (χ2v) is 20.7. The number of rotatable bonds is 16. The van der Waals surface area contributed by atoms with E-state index in [1.165, 1.54) is 90.1 Å². The van der Waals surface area contributed by atoms with Gasteiger partial charge in [-0.1, -0.05) is 314 Å². The topological polar surface area (TPSA) is 13.1 Å². The molecule has 0 amide bonds. The minimum absolute atomic E-state index is 0. The van der Waals surface area contributed by atoms with Gasteiger partial charge in [-0.3, -0.25) is 0 Å². The van der Waals surface area contributed by atoms with Gasteiger partial charge in [0.1, 0.15) is 11.2 Å². The molecule has 6 rings (SSSR count). The molecule has 8 atom stereocenters. The second kappa shape index (κ2) is 126. The molecule has 0 aliphatic heterocycles. The van der Waals surface area contributed by atoms with Gasteiger partial charge in [0.05, 0.1) is 0 Å². The van der Waals surface area contributed by atoms with Gasteiger partial charge in [0, 0.05) is 338 Å². The third kappa shape index (κ3) is 99.7. The molecule has 518 valence electrons. The van der Waals surface area contributed by atoms with Crippen molar-refractivity contribution in [3.63, 3.8) is 0 Å². The van der Waals surface area contributed by atoms with Gasteiger partial charge in [-0.05, 0) is 45.8 Å². The molecule has 0 spiro atoms. The van der Waals surface area contributed by atoms with E-state index in [9.17, 15) is 0 Å². The number of hydrogen-bond acceptors (Lipinski definition) is 1. The molecule has 0 fully saturated rings. The molecule has 0 unspecified atom stereocenters. The van der Waals surface area contributed by atoms with E-state index >= 15 is 0 Å². The molecule has 10 radical (unpaired) electrons. The first-order valence-corrected chi connectivity index (χ1v) is 31.1. The van der Waals surface area contributed by atoms with Gasteiger partial charge in [0.15, 0.2) is 0 Å². The Labute approximate surface area is 899 Å². The molecule has 0 bridgehead atoms. The molecule has 0 saturated heterocycles. The van der Waals surface area contributed by atoms with Crippen molar-refractivity contribution in [1.29, 1.82) is 0 Å². The van der Waals surface area contributed by atoms with Crippen LogP contribution in [0, 0.1) is 85.9 Å². The number of hydrogen-bond donors (Lipinski definition) is 0. The number of benzene rings is 5. The minimum atomic E-state index is 0. The zero-order valence-electron chi connectivity index (χ0n) is 62.2. The van der Waals surface area contributed by atoms with Crippen molar-refractivity contribution in [1.82, 2.24) is 0 Å². The summed E-state index contributed by atoms with van der Waals surface area (Å²) in [6, 6.07) is 37.6. The average molecular weight is 2210 g/mol. The van der Waals surface area contributed by atoms with Crippen LogP contribution in [0.1, 0.15) is 282 Å². The summed E-state index contributed by atoms with van der Waals surface area (Å²) in [4.78, 5) is 0. The quantitative estimate of drug-likeness (QED) is 0.0695. The second-order valence-electron chi connectivity index (χ2n) is 20.7. The molecular weight excluding hydrogens is 2060 g/mol. The van der Waals surface area contributed by atoms with Crippen molar-refractivity contribution in [2.75, 3.05) is 0 Å². The van der Waals surface area contributed by atoms with Gasteiger partial charge < -0.3 is 42.9 Å². The third-order valence-electron chi connectivity index (χ3n) is 11.5. The summed E-state index contributed by atoms with van der Waals surface area (Å²) in [7, 11) is 0. The summed E-state index contributed by atoms with van der Waals surface area (Å²) in [6.45, 7) is 56.5. The van der Waals surface area contributed by atoms with Gasteiger partial charge in [-0.2, -0.15) is 75.0 Å². The summed E-state index contributed by atoms with van der Waals surface area (Å²) in [5.41, 5.74) is 1.92. The Bertz CT molecular complexity index is 1850. The Morgan fingerprint density at radius 2 is 0.426 bits per heavy atom. The van der Waals surface area contributed by atoms with E-state index in [4.69, 9.17) is 4.42 Å². The van der Waals surface area contributed by atoms with Crippen LogP contribution in [0.15, 0.2) is 114 Å². The molecular formula is C81H152OY12. The van der Waals surface area contributed by atoms with Crippen LogP contribution < -0.4 is 0 Å². The van der Waals surface area contributed by atoms with E-state index < -0.39 is 0 Å². The third-order valence-corrected chi connectivity index (χ3v) is 11.5. The smallest absolute Gasteiger partial charge is 0.456 e. The van der Waals surface area contributed by atoms with Crippen LogP contribution in [0.25, 0.3) is 43.5 Å². The Morgan fingerprint density at radius 1 is 0.277 bits per heavy atom. The Kier molecular flexibility index (Phi) is 226. The van der Waals surface area contributed by atoms with E-state index in [-0.39, 0.29) is 437 Å².